The van der Waals surface area contributed by atoms with Crippen molar-refractivity contribution in [3.8, 4) is 0 Å². The van der Waals surface area contributed by atoms with Crippen molar-refractivity contribution >= 4 is 27.6 Å². The molecule has 0 aromatic heterocycles. The maximum Gasteiger partial charge on any atom is 0.303 e. The zero-order chi connectivity index (χ0) is 15.6. The smallest absolute Gasteiger partial charge is 0.303 e. The normalized spacial score (nSPS) is 12.4. The highest BCUT2D eigenvalue weighted by Gasteiger charge is 2.30. The van der Waals surface area contributed by atoms with Gasteiger partial charge in [0.25, 0.3) is 0 Å². The Balaban J connectivity index is 3.03. The van der Waals surface area contributed by atoms with Gasteiger partial charge in [0.2, 0.25) is 10.0 Å². The van der Waals surface area contributed by atoms with Gasteiger partial charge in [-0.3, -0.25) is 4.79 Å². The van der Waals surface area contributed by atoms with Crippen LogP contribution in [0.4, 0.5) is 4.39 Å². The van der Waals surface area contributed by atoms with Crippen LogP contribution in [-0.2, 0) is 14.8 Å². The number of nitrogens with one attached hydrogen (secondary N) is 1. The fourth-order valence-electron chi connectivity index (χ4n) is 1.62. The van der Waals surface area contributed by atoms with Crippen molar-refractivity contribution in [2.75, 3.05) is 0 Å². The summed E-state index contributed by atoms with van der Waals surface area (Å²) in [4.78, 5) is 9.90. The summed E-state index contributed by atoms with van der Waals surface area (Å²) in [5, 5.41) is 8.39. The van der Waals surface area contributed by atoms with Gasteiger partial charge in [0.15, 0.2) is 0 Å². The molecule has 2 N–H and O–H groups in total. The Kier molecular flexibility index (Phi) is 5.12. The number of benzene rings is 1. The first-order valence-electron chi connectivity index (χ1n) is 5.75. The lowest BCUT2D eigenvalue weighted by Crippen LogP contribution is -2.43. The van der Waals surface area contributed by atoms with E-state index >= 15 is 0 Å². The molecule has 0 heterocycles. The molecule has 1 aromatic rings. The molecule has 20 heavy (non-hydrogen) atoms. The number of carboxylic acids is 1. The molecule has 0 unspecified atom stereocenters. The molecular weight excluding hydrogens is 309 g/mol. The van der Waals surface area contributed by atoms with Crippen LogP contribution >= 0.6 is 11.6 Å². The Labute approximate surface area is 121 Å². The van der Waals surface area contributed by atoms with Gasteiger partial charge >= 0.3 is 5.97 Å². The van der Waals surface area contributed by atoms with Crippen molar-refractivity contribution in [1.82, 2.24) is 4.72 Å². The molecule has 0 fully saturated rings. The third-order valence-corrected chi connectivity index (χ3v) is 4.76. The molecule has 0 radical (unpaired) electrons. The summed E-state index contributed by atoms with van der Waals surface area (Å²) in [7, 11) is -4.18. The number of sulfonamides is 1. The standard InChI is InChI=1S/C12H15ClFNO4S/c1-12(2,7-6-10(16)17)15-20(18,19)11-8(13)4-3-5-9(11)14/h3-5,15H,6-7H2,1-2H3,(H,16,17). The lowest BCUT2D eigenvalue weighted by Gasteiger charge is -2.25. The van der Waals surface area contributed by atoms with Crippen molar-refractivity contribution in [1.29, 1.82) is 0 Å². The molecule has 0 aliphatic rings. The first kappa shape index (κ1) is 16.9. The Bertz CT molecular complexity index is 596. The van der Waals surface area contributed by atoms with E-state index in [4.69, 9.17) is 16.7 Å². The molecule has 0 bridgehead atoms. The number of carboxylic acid groups (broad SMARTS) is 1. The zero-order valence-corrected chi connectivity index (χ0v) is 12.6. The topological polar surface area (TPSA) is 83.5 Å². The van der Waals surface area contributed by atoms with Gasteiger partial charge in [-0.05, 0) is 32.4 Å². The van der Waals surface area contributed by atoms with Crippen LogP contribution in [0.15, 0.2) is 23.1 Å². The number of hydrogen-bond donors (Lipinski definition) is 2. The van der Waals surface area contributed by atoms with Crippen LogP contribution < -0.4 is 4.72 Å². The third kappa shape index (κ3) is 4.43. The maximum absolute atomic E-state index is 13.6. The van der Waals surface area contributed by atoms with Gasteiger partial charge in [0, 0.05) is 12.0 Å². The lowest BCUT2D eigenvalue weighted by molar-refractivity contribution is -0.137. The Morgan fingerprint density at radius 1 is 1.45 bits per heavy atom. The predicted molar refractivity (Wildman–Crippen MR) is 72.7 cm³/mol. The average Bonchev–Trinajstić information content (AvgIpc) is 2.24. The van der Waals surface area contributed by atoms with E-state index in [1.54, 1.807) is 0 Å². The minimum atomic E-state index is -4.18. The van der Waals surface area contributed by atoms with Crippen molar-refractivity contribution in [2.24, 2.45) is 0 Å². The minimum Gasteiger partial charge on any atom is -0.481 e. The van der Waals surface area contributed by atoms with Crippen LogP contribution in [0.3, 0.4) is 0 Å². The SMILES string of the molecule is CC(C)(CCC(=O)O)NS(=O)(=O)c1c(F)cccc1Cl. The van der Waals surface area contributed by atoms with Gasteiger partial charge in [-0.2, -0.15) is 0 Å². The van der Waals surface area contributed by atoms with Gasteiger partial charge in [-0.25, -0.2) is 17.5 Å². The van der Waals surface area contributed by atoms with E-state index in [9.17, 15) is 17.6 Å². The molecule has 0 spiro atoms. The Morgan fingerprint density at radius 2 is 2.05 bits per heavy atom. The van der Waals surface area contributed by atoms with Crippen LogP contribution in [0.5, 0.6) is 0 Å². The molecule has 0 aliphatic carbocycles. The summed E-state index contributed by atoms with van der Waals surface area (Å²) >= 11 is 5.72. The number of aliphatic carboxylic acids is 1. The van der Waals surface area contributed by atoms with E-state index in [0.717, 1.165) is 6.07 Å². The molecule has 5 nitrogen and oxygen atoms in total. The summed E-state index contributed by atoms with van der Waals surface area (Å²) in [5.41, 5.74) is -1.04. The molecule has 0 amide bonds. The summed E-state index contributed by atoms with van der Waals surface area (Å²) in [5.74, 6) is -2.00. The minimum absolute atomic E-state index is 0.0631. The molecule has 0 saturated carbocycles. The van der Waals surface area contributed by atoms with Gasteiger partial charge in [0.1, 0.15) is 10.7 Å². The van der Waals surface area contributed by atoms with E-state index in [1.807, 2.05) is 0 Å². The first-order chi connectivity index (χ1) is 9.05. The van der Waals surface area contributed by atoms with Crippen LogP contribution in [0, 0.1) is 5.82 Å². The van der Waals surface area contributed by atoms with Gasteiger partial charge in [-0.15, -0.1) is 0 Å². The third-order valence-electron chi connectivity index (χ3n) is 2.56. The van der Waals surface area contributed by atoms with Crippen molar-refractivity contribution in [3.05, 3.63) is 29.0 Å². The van der Waals surface area contributed by atoms with Crippen LogP contribution in [-0.4, -0.2) is 25.0 Å². The second-order valence-corrected chi connectivity index (χ2v) is 6.96. The molecule has 1 aromatic carbocycles. The van der Waals surface area contributed by atoms with Crippen molar-refractivity contribution < 1.29 is 22.7 Å². The van der Waals surface area contributed by atoms with Gasteiger partial charge in [0.05, 0.1) is 5.02 Å². The second-order valence-electron chi connectivity index (χ2n) is 4.93. The molecule has 8 heteroatoms. The van der Waals surface area contributed by atoms with E-state index in [2.05, 4.69) is 4.72 Å². The Morgan fingerprint density at radius 3 is 2.55 bits per heavy atom. The number of rotatable bonds is 6. The van der Waals surface area contributed by atoms with Crippen LogP contribution in [0.25, 0.3) is 0 Å². The van der Waals surface area contributed by atoms with Crippen molar-refractivity contribution in [3.63, 3.8) is 0 Å². The van der Waals surface area contributed by atoms with Gasteiger partial charge < -0.3 is 5.11 Å². The van der Waals surface area contributed by atoms with E-state index in [1.165, 1.54) is 26.0 Å². The molecule has 0 saturated heterocycles. The van der Waals surface area contributed by atoms with E-state index in [-0.39, 0.29) is 17.9 Å². The van der Waals surface area contributed by atoms with Crippen LogP contribution in [0.1, 0.15) is 26.7 Å². The summed E-state index contributed by atoms with van der Waals surface area (Å²) in [6.07, 6.45) is -0.145. The lowest BCUT2D eigenvalue weighted by atomic mass is 10.0. The fourth-order valence-corrected chi connectivity index (χ4v) is 3.67. The highest BCUT2D eigenvalue weighted by molar-refractivity contribution is 7.89. The Hall–Kier alpha value is -1.18. The number of halogens is 2. The molecule has 0 aliphatic heterocycles. The van der Waals surface area contributed by atoms with Crippen molar-refractivity contribution in [2.45, 2.75) is 37.1 Å². The van der Waals surface area contributed by atoms with Crippen LogP contribution in [0.2, 0.25) is 5.02 Å². The van der Waals surface area contributed by atoms with E-state index < -0.39 is 32.2 Å². The first-order valence-corrected chi connectivity index (χ1v) is 7.61. The maximum atomic E-state index is 13.6. The average molecular weight is 324 g/mol. The summed E-state index contributed by atoms with van der Waals surface area (Å²) in [6, 6.07) is 3.56. The molecular formula is C12H15ClFNO4S. The number of hydrogen-bond acceptors (Lipinski definition) is 3. The summed E-state index contributed by atoms with van der Waals surface area (Å²) in [6.45, 7) is 3.03. The fraction of sp³-hybridized carbons (Fsp3) is 0.417. The predicted octanol–water partition coefficient (Wildman–Crippen LogP) is 2.40. The monoisotopic (exact) mass is 323 g/mol. The molecule has 112 valence electrons. The molecule has 1 rings (SSSR count). The highest BCUT2D eigenvalue weighted by atomic mass is 35.5. The number of carbonyl (C=O) groups is 1. The zero-order valence-electron chi connectivity index (χ0n) is 11.0. The van der Waals surface area contributed by atoms with E-state index in [0.29, 0.717) is 0 Å². The van der Waals surface area contributed by atoms with Gasteiger partial charge in [-0.1, -0.05) is 17.7 Å². The highest BCUT2D eigenvalue weighted by Crippen LogP contribution is 2.26. The largest absolute Gasteiger partial charge is 0.481 e. The second kappa shape index (κ2) is 6.07. The summed E-state index contributed by atoms with van der Waals surface area (Å²) < 4.78 is 40.2. The quantitative estimate of drug-likeness (QED) is 0.842. The molecule has 0 atom stereocenters.